The second-order valence-corrected chi connectivity index (χ2v) is 9.81. The minimum Gasteiger partial charge on any atom is -0.341 e. The minimum absolute atomic E-state index is 0.0851. The Bertz CT molecular complexity index is 680. The van der Waals surface area contributed by atoms with Crippen LogP contribution >= 0.6 is 11.3 Å². The summed E-state index contributed by atoms with van der Waals surface area (Å²) >= 11 is 1.23. The summed E-state index contributed by atoms with van der Waals surface area (Å²) in [6.07, 6.45) is 4.25. The molecule has 8 heteroatoms. The summed E-state index contributed by atoms with van der Waals surface area (Å²) in [7, 11) is -1.45. The summed E-state index contributed by atoms with van der Waals surface area (Å²) < 4.78 is 27.0. The first-order chi connectivity index (χ1) is 11.5. The molecular formula is C16H25N3O3S2. The fourth-order valence-corrected chi connectivity index (χ4v) is 6.37. The third kappa shape index (κ3) is 3.82. The van der Waals surface area contributed by atoms with Crippen LogP contribution < -0.4 is 5.32 Å². The number of sulfonamides is 1. The molecule has 2 saturated heterocycles. The highest BCUT2D eigenvalue weighted by Gasteiger charge is 2.29. The number of nitrogens with one attached hydrogen (secondary N) is 1. The molecule has 2 aliphatic heterocycles. The third-order valence-electron chi connectivity index (χ3n) is 4.80. The Labute approximate surface area is 147 Å². The van der Waals surface area contributed by atoms with Crippen LogP contribution in [0.3, 0.4) is 0 Å². The van der Waals surface area contributed by atoms with Crippen molar-refractivity contribution in [1.29, 1.82) is 0 Å². The van der Waals surface area contributed by atoms with Crippen LogP contribution in [0, 0.1) is 0 Å². The van der Waals surface area contributed by atoms with Crippen LogP contribution in [0.25, 0.3) is 0 Å². The van der Waals surface area contributed by atoms with Crippen molar-refractivity contribution >= 4 is 27.3 Å². The Morgan fingerprint density at radius 3 is 2.71 bits per heavy atom. The second-order valence-electron chi connectivity index (χ2n) is 6.48. The van der Waals surface area contributed by atoms with Crippen molar-refractivity contribution < 1.29 is 13.2 Å². The first kappa shape index (κ1) is 17.8. The quantitative estimate of drug-likeness (QED) is 0.847. The van der Waals surface area contributed by atoms with E-state index < -0.39 is 10.0 Å². The second kappa shape index (κ2) is 7.51. The number of hydrogen-bond acceptors (Lipinski definition) is 5. The van der Waals surface area contributed by atoms with Crippen molar-refractivity contribution in [3.63, 3.8) is 0 Å². The number of carbonyl (C=O) groups is 1. The van der Waals surface area contributed by atoms with Crippen molar-refractivity contribution in [3.8, 4) is 0 Å². The number of piperidine rings is 1. The van der Waals surface area contributed by atoms with Crippen LogP contribution in [0.2, 0.25) is 0 Å². The zero-order valence-corrected chi connectivity index (χ0v) is 15.7. The first-order valence-electron chi connectivity index (χ1n) is 8.54. The smallest absolute Gasteiger partial charge is 0.252 e. The van der Waals surface area contributed by atoms with Gasteiger partial charge in [-0.2, -0.15) is 4.31 Å². The van der Waals surface area contributed by atoms with Crippen molar-refractivity contribution in [3.05, 3.63) is 17.0 Å². The largest absolute Gasteiger partial charge is 0.341 e. The minimum atomic E-state index is -3.37. The monoisotopic (exact) mass is 371 g/mol. The van der Waals surface area contributed by atoms with E-state index in [9.17, 15) is 13.2 Å². The van der Waals surface area contributed by atoms with E-state index in [2.05, 4.69) is 5.32 Å². The van der Waals surface area contributed by atoms with Gasteiger partial charge in [0, 0.05) is 37.1 Å². The van der Waals surface area contributed by atoms with Crippen LogP contribution in [0.1, 0.15) is 30.6 Å². The first-order valence-corrected chi connectivity index (χ1v) is 10.8. The van der Waals surface area contributed by atoms with Gasteiger partial charge in [-0.1, -0.05) is 0 Å². The average Bonchev–Trinajstić information content (AvgIpc) is 3.27. The SMILES string of the molecule is CNC1CCCN(C(=O)Cc2ccc(S(=O)(=O)N3CCCC3)s2)C1. The molecule has 3 rings (SSSR count). The molecule has 1 N–H and O–H groups in total. The topological polar surface area (TPSA) is 69.7 Å². The number of nitrogens with zero attached hydrogens (tertiary/aromatic N) is 2. The zero-order chi connectivity index (χ0) is 17.2. The Kier molecular flexibility index (Phi) is 5.59. The van der Waals surface area contributed by atoms with Crippen LogP contribution in [0.4, 0.5) is 0 Å². The highest BCUT2D eigenvalue weighted by atomic mass is 32.2. The van der Waals surface area contributed by atoms with Gasteiger partial charge in [-0.3, -0.25) is 4.79 Å². The van der Waals surface area contributed by atoms with Gasteiger partial charge in [0.25, 0.3) is 10.0 Å². The Morgan fingerprint density at radius 1 is 1.25 bits per heavy atom. The van der Waals surface area contributed by atoms with Crippen LogP contribution in [-0.2, 0) is 21.2 Å². The van der Waals surface area contributed by atoms with Crippen molar-refractivity contribution in [2.24, 2.45) is 0 Å². The molecule has 2 fully saturated rings. The Morgan fingerprint density at radius 2 is 2.00 bits per heavy atom. The molecule has 134 valence electrons. The molecule has 3 heterocycles. The molecule has 1 unspecified atom stereocenters. The average molecular weight is 372 g/mol. The zero-order valence-electron chi connectivity index (χ0n) is 14.0. The summed E-state index contributed by atoms with van der Waals surface area (Å²) in [6.45, 7) is 2.74. The lowest BCUT2D eigenvalue weighted by Gasteiger charge is -2.32. The molecule has 0 radical (unpaired) electrons. The van der Waals surface area contributed by atoms with E-state index >= 15 is 0 Å². The van der Waals surface area contributed by atoms with Gasteiger partial charge in [0.15, 0.2) is 0 Å². The number of likely N-dealkylation sites (N-methyl/N-ethyl adjacent to an activating group) is 1. The standard InChI is InChI=1S/C16H25N3O3S2/c1-17-13-5-4-8-18(12-13)15(20)11-14-6-7-16(23-14)24(21,22)19-9-2-3-10-19/h6-7,13,17H,2-5,8-12H2,1H3. The molecule has 1 aromatic rings. The van der Waals surface area contributed by atoms with Gasteiger partial charge in [0.05, 0.1) is 6.42 Å². The lowest BCUT2D eigenvalue weighted by atomic mass is 10.1. The maximum absolute atomic E-state index is 12.5. The van der Waals surface area contributed by atoms with E-state index in [-0.39, 0.29) is 12.3 Å². The highest BCUT2D eigenvalue weighted by Crippen LogP contribution is 2.28. The van der Waals surface area contributed by atoms with Crippen molar-refractivity contribution in [1.82, 2.24) is 14.5 Å². The summed E-state index contributed by atoms with van der Waals surface area (Å²) in [4.78, 5) is 15.2. The van der Waals surface area contributed by atoms with Crippen molar-refractivity contribution in [2.45, 2.75) is 42.4 Å². The van der Waals surface area contributed by atoms with Crippen LogP contribution in [-0.4, -0.2) is 62.8 Å². The van der Waals surface area contributed by atoms with E-state index in [0.717, 1.165) is 43.6 Å². The molecule has 0 spiro atoms. The Balaban J connectivity index is 1.64. The van der Waals surface area contributed by atoms with Gasteiger partial charge >= 0.3 is 0 Å². The van der Waals surface area contributed by atoms with Gasteiger partial charge in [-0.05, 0) is 44.9 Å². The van der Waals surface area contributed by atoms with E-state index in [1.54, 1.807) is 16.4 Å². The van der Waals surface area contributed by atoms with E-state index in [0.29, 0.717) is 23.3 Å². The third-order valence-corrected chi connectivity index (χ3v) is 8.26. The highest BCUT2D eigenvalue weighted by molar-refractivity contribution is 7.91. The molecule has 6 nitrogen and oxygen atoms in total. The van der Waals surface area contributed by atoms with Gasteiger partial charge in [0.2, 0.25) is 5.91 Å². The normalized spacial score (nSPS) is 22.9. The molecule has 1 amide bonds. The molecule has 0 saturated carbocycles. The maximum atomic E-state index is 12.5. The lowest BCUT2D eigenvalue weighted by Crippen LogP contribution is -2.47. The molecule has 1 aromatic heterocycles. The predicted octanol–water partition coefficient (Wildman–Crippen LogP) is 1.29. The molecule has 0 aromatic carbocycles. The number of likely N-dealkylation sites (tertiary alicyclic amines) is 1. The number of amides is 1. The van der Waals surface area contributed by atoms with Gasteiger partial charge < -0.3 is 10.2 Å². The molecule has 0 bridgehead atoms. The summed E-state index contributed by atoms with van der Waals surface area (Å²) in [5.41, 5.74) is 0. The molecule has 1 atom stereocenters. The molecule has 0 aliphatic carbocycles. The van der Waals surface area contributed by atoms with E-state index in [1.807, 2.05) is 11.9 Å². The van der Waals surface area contributed by atoms with Crippen molar-refractivity contribution in [2.75, 3.05) is 33.2 Å². The van der Waals surface area contributed by atoms with Crippen LogP contribution in [0.15, 0.2) is 16.3 Å². The number of rotatable bonds is 5. The Hall–Kier alpha value is -0.960. The van der Waals surface area contributed by atoms with Gasteiger partial charge in [0.1, 0.15) is 4.21 Å². The van der Waals surface area contributed by atoms with E-state index in [1.165, 1.54) is 11.3 Å². The fourth-order valence-electron chi connectivity index (χ4n) is 3.35. The van der Waals surface area contributed by atoms with E-state index in [4.69, 9.17) is 0 Å². The van der Waals surface area contributed by atoms with Gasteiger partial charge in [-0.15, -0.1) is 11.3 Å². The summed E-state index contributed by atoms with van der Waals surface area (Å²) in [5, 5.41) is 3.23. The number of thiophene rings is 1. The van der Waals surface area contributed by atoms with Crippen LogP contribution in [0.5, 0.6) is 0 Å². The molecule has 2 aliphatic rings. The predicted molar refractivity (Wildman–Crippen MR) is 94.7 cm³/mol. The van der Waals surface area contributed by atoms with Gasteiger partial charge in [-0.25, -0.2) is 8.42 Å². The number of carbonyl (C=O) groups excluding carboxylic acids is 1. The summed E-state index contributed by atoms with van der Waals surface area (Å²) in [5.74, 6) is 0.0851. The fraction of sp³-hybridized carbons (Fsp3) is 0.688. The maximum Gasteiger partial charge on any atom is 0.252 e. The summed E-state index contributed by atoms with van der Waals surface area (Å²) in [6, 6.07) is 3.79. The lowest BCUT2D eigenvalue weighted by molar-refractivity contribution is -0.131. The molecule has 24 heavy (non-hydrogen) atoms. The molecular weight excluding hydrogens is 346 g/mol. The number of hydrogen-bond donors (Lipinski definition) is 1.